The number of benzene rings is 3. The molecule has 10 heteroatoms. The van der Waals surface area contributed by atoms with Crippen LogP contribution in [0, 0.1) is 17.5 Å². The minimum atomic E-state index is -1.64. The standard InChI is InChI=1S/C24H15ClF3N3O3/c25-20-8-6-14(11-19(20)18-7-9-21(26)23(28)22(18)27)30-24(32)31(33)15-3-1-4-16(12-15)34-17-5-2-10-29-13-17/h1-13,33H,(H,30,32). The van der Waals surface area contributed by atoms with Crippen LogP contribution in [0.15, 0.2) is 79.1 Å². The molecule has 0 bridgehead atoms. The summed E-state index contributed by atoms with van der Waals surface area (Å²) in [6.07, 6.45) is 3.09. The second-order valence-electron chi connectivity index (χ2n) is 6.95. The van der Waals surface area contributed by atoms with Gasteiger partial charge in [0.2, 0.25) is 0 Å². The third kappa shape index (κ3) is 4.95. The monoisotopic (exact) mass is 485 g/mol. The maximum atomic E-state index is 14.2. The minimum absolute atomic E-state index is 0.0206. The van der Waals surface area contributed by atoms with Gasteiger partial charge in [-0.25, -0.2) is 18.0 Å². The number of urea groups is 1. The van der Waals surface area contributed by atoms with Crippen molar-refractivity contribution in [2.45, 2.75) is 0 Å². The van der Waals surface area contributed by atoms with Gasteiger partial charge in [0.05, 0.1) is 11.9 Å². The molecule has 172 valence electrons. The molecule has 2 amide bonds. The van der Waals surface area contributed by atoms with E-state index in [1.54, 1.807) is 30.5 Å². The van der Waals surface area contributed by atoms with Crippen LogP contribution in [-0.4, -0.2) is 16.2 Å². The van der Waals surface area contributed by atoms with Crippen LogP contribution in [0.1, 0.15) is 0 Å². The third-order valence-electron chi connectivity index (χ3n) is 4.67. The molecule has 6 nitrogen and oxygen atoms in total. The molecule has 0 aliphatic carbocycles. The van der Waals surface area contributed by atoms with Crippen molar-refractivity contribution in [2.24, 2.45) is 0 Å². The van der Waals surface area contributed by atoms with E-state index in [1.165, 1.54) is 36.5 Å². The lowest BCUT2D eigenvalue weighted by atomic mass is 10.0. The predicted molar refractivity (Wildman–Crippen MR) is 121 cm³/mol. The summed E-state index contributed by atoms with van der Waals surface area (Å²) in [4.78, 5) is 16.5. The van der Waals surface area contributed by atoms with Gasteiger partial charge in [-0.15, -0.1) is 0 Å². The summed E-state index contributed by atoms with van der Waals surface area (Å²) < 4.78 is 46.8. The highest BCUT2D eigenvalue weighted by atomic mass is 35.5. The summed E-state index contributed by atoms with van der Waals surface area (Å²) >= 11 is 6.10. The van der Waals surface area contributed by atoms with Crippen molar-refractivity contribution in [1.82, 2.24) is 4.98 Å². The number of rotatable bonds is 5. The number of aromatic nitrogens is 1. The van der Waals surface area contributed by atoms with E-state index in [0.717, 1.165) is 12.1 Å². The molecular formula is C24H15ClF3N3O3. The fraction of sp³-hybridized carbons (Fsp3) is 0. The van der Waals surface area contributed by atoms with Crippen LogP contribution in [0.5, 0.6) is 11.5 Å². The molecule has 1 aromatic heterocycles. The minimum Gasteiger partial charge on any atom is -0.456 e. The fourth-order valence-corrected chi connectivity index (χ4v) is 3.28. The van der Waals surface area contributed by atoms with Crippen molar-refractivity contribution in [3.63, 3.8) is 0 Å². The Bertz CT molecular complexity index is 1360. The van der Waals surface area contributed by atoms with Crippen LogP contribution < -0.4 is 15.1 Å². The van der Waals surface area contributed by atoms with Gasteiger partial charge < -0.3 is 10.1 Å². The van der Waals surface area contributed by atoms with Crippen molar-refractivity contribution in [1.29, 1.82) is 0 Å². The zero-order chi connectivity index (χ0) is 24.2. The van der Waals surface area contributed by atoms with E-state index in [-0.39, 0.29) is 27.5 Å². The number of hydrogen-bond donors (Lipinski definition) is 2. The molecule has 0 saturated carbocycles. The summed E-state index contributed by atoms with van der Waals surface area (Å²) in [6, 6.07) is 14.4. The second-order valence-corrected chi connectivity index (χ2v) is 7.35. The van der Waals surface area contributed by atoms with Gasteiger partial charge in [-0.05, 0) is 54.6 Å². The van der Waals surface area contributed by atoms with Gasteiger partial charge in [-0.1, -0.05) is 17.7 Å². The first-order valence-electron chi connectivity index (χ1n) is 9.75. The van der Waals surface area contributed by atoms with E-state index in [2.05, 4.69) is 10.3 Å². The van der Waals surface area contributed by atoms with Gasteiger partial charge >= 0.3 is 6.03 Å². The number of ether oxygens (including phenoxy) is 1. The quantitative estimate of drug-likeness (QED) is 0.181. The lowest BCUT2D eigenvalue weighted by Crippen LogP contribution is -2.31. The molecule has 3 aromatic carbocycles. The Kier molecular flexibility index (Phi) is 6.67. The molecule has 0 fully saturated rings. The Balaban J connectivity index is 1.54. The zero-order valence-corrected chi connectivity index (χ0v) is 17.9. The molecule has 1 heterocycles. The van der Waals surface area contributed by atoms with Crippen LogP contribution in [-0.2, 0) is 0 Å². The molecule has 4 aromatic rings. The molecule has 34 heavy (non-hydrogen) atoms. The first-order chi connectivity index (χ1) is 16.3. The molecule has 0 unspecified atom stereocenters. The van der Waals surface area contributed by atoms with Crippen molar-refractivity contribution >= 4 is 29.0 Å². The molecule has 0 aliphatic rings. The highest BCUT2D eigenvalue weighted by Gasteiger charge is 2.19. The number of nitrogens with one attached hydrogen (secondary N) is 1. The van der Waals surface area contributed by atoms with Gasteiger partial charge in [0.1, 0.15) is 11.5 Å². The molecule has 0 saturated heterocycles. The summed E-state index contributed by atoms with van der Waals surface area (Å²) in [5.41, 5.74) is -0.0524. The first-order valence-corrected chi connectivity index (χ1v) is 10.1. The zero-order valence-electron chi connectivity index (χ0n) is 17.2. The maximum Gasteiger partial charge on any atom is 0.350 e. The Morgan fingerprint density at radius 2 is 1.74 bits per heavy atom. The van der Waals surface area contributed by atoms with Gasteiger partial charge in [0.25, 0.3) is 0 Å². The summed E-state index contributed by atoms with van der Waals surface area (Å²) in [6.45, 7) is 0. The Morgan fingerprint density at radius 1 is 0.941 bits per heavy atom. The molecular weight excluding hydrogens is 471 g/mol. The molecule has 2 N–H and O–H groups in total. The van der Waals surface area contributed by atoms with Gasteiger partial charge in [0.15, 0.2) is 17.5 Å². The molecule has 0 atom stereocenters. The molecule has 0 aliphatic heterocycles. The van der Waals surface area contributed by atoms with Crippen molar-refractivity contribution < 1.29 is 27.9 Å². The fourth-order valence-electron chi connectivity index (χ4n) is 3.06. The average Bonchev–Trinajstić information content (AvgIpc) is 2.84. The lowest BCUT2D eigenvalue weighted by Gasteiger charge is -2.17. The topological polar surface area (TPSA) is 74.7 Å². The SMILES string of the molecule is O=C(Nc1ccc(Cl)c(-c2ccc(F)c(F)c2F)c1)N(O)c1cccc(Oc2cccnc2)c1. The van der Waals surface area contributed by atoms with Crippen LogP contribution in [0.25, 0.3) is 11.1 Å². The largest absolute Gasteiger partial charge is 0.456 e. The van der Waals surface area contributed by atoms with E-state index >= 15 is 0 Å². The van der Waals surface area contributed by atoms with Crippen LogP contribution in [0.2, 0.25) is 5.02 Å². The van der Waals surface area contributed by atoms with Crippen molar-refractivity contribution in [3.8, 4) is 22.6 Å². The smallest absolute Gasteiger partial charge is 0.350 e. The number of nitrogens with zero attached hydrogens (tertiary/aromatic N) is 2. The number of anilines is 2. The predicted octanol–water partition coefficient (Wildman–Crippen LogP) is 7.04. The van der Waals surface area contributed by atoms with Crippen LogP contribution >= 0.6 is 11.6 Å². The van der Waals surface area contributed by atoms with E-state index in [0.29, 0.717) is 16.6 Å². The summed E-state index contributed by atoms with van der Waals surface area (Å²) in [5.74, 6) is -3.59. The molecule has 4 rings (SSSR count). The highest BCUT2D eigenvalue weighted by Crippen LogP contribution is 2.34. The number of hydrogen-bond acceptors (Lipinski definition) is 4. The molecule has 0 radical (unpaired) electrons. The number of halogens is 4. The van der Waals surface area contributed by atoms with E-state index < -0.39 is 23.5 Å². The third-order valence-corrected chi connectivity index (χ3v) is 5.00. The second kappa shape index (κ2) is 9.82. The Hall–Kier alpha value is -4.08. The summed E-state index contributed by atoms with van der Waals surface area (Å²) in [5, 5.41) is 13.2. The number of hydroxylamine groups is 1. The first kappa shape index (κ1) is 23.1. The van der Waals surface area contributed by atoms with Crippen molar-refractivity contribution in [3.05, 3.63) is 102 Å². The number of carbonyl (C=O) groups excluding carboxylic acids is 1. The molecule has 0 spiro atoms. The van der Waals surface area contributed by atoms with Crippen LogP contribution in [0.3, 0.4) is 0 Å². The van der Waals surface area contributed by atoms with E-state index in [9.17, 15) is 23.2 Å². The van der Waals surface area contributed by atoms with Gasteiger partial charge in [-0.2, -0.15) is 5.06 Å². The highest BCUT2D eigenvalue weighted by molar-refractivity contribution is 6.33. The van der Waals surface area contributed by atoms with Crippen molar-refractivity contribution in [2.75, 3.05) is 10.4 Å². The van der Waals surface area contributed by atoms with E-state index in [1.807, 2.05) is 0 Å². The Morgan fingerprint density at radius 3 is 2.50 bits per heavy atom. The normalized spacial score (nSPS) is 10.6. The number of amides is 2. The van der Waals surface area contributed by atoms with Gasteiger partial charge in [0, 0.05) is 34.1 Å². The lowest BCUT2D eigenvalue weighted by molar-refractivity contribution is 0.216. The van der Waals surface area contributed by atoms with E-state index in [4.69, 9.17) is 16.3 Å². The number of pyridine rings is 1. The summed E-state index contributed by atoms with van der Waals surface area (Å²) in [7, 11) is 0. The van der Waals surface area contributed by atoms with Gasteiger partial charge in [-0.3, -0.25) is 10.2 Å². The van der Waals surface area contributed by atoms with Crippen LogP contribution in [0.4, 0.5) is 29.3 Å². The Labute approximate surface area is 196 Å². The average molecular weight is 486 g/mol. The maximum absolute atomic E-state index is 14.2. The number of carbonyl (C=O) groups is 1.